The molecule has 2 aromatic carbocycles. The Kier molecular flexibility index (Phi) is 5.57. The van der Waals surface area contributed by atoms with E-state index < -0.39 is 9.84 Å². The first-order valence-electron chi connectivity index (χ1n) is 8.04. The number of hydrogen-bond donors (Lipinski definition) is 1. The van der Waals surface area contributed by atoms with E-state index >= 15 is 0 Å². The van der Waals surface area contributed by atoms with Gasteiger partial charge in [0.05, 0.1) is 24.1 Å². The SMILES string of the molecule is COc1ccc(-c2nc(CC(=O)Nc3ccc(S(C)(=O)=O)cc3)cs2)cc1. The Bertz CT molecular complexity index is 1040. The van der Waals surface area contributed by atoms with Gasteiger partial charge < -0.3 is 10.1 Å². The fraction of sp³-hybridized carbons (Fsp3) is 0.158. The van der Waals surface area contributed by atoms with E-state index in [2.05, 4.69) is 10.3 Å². The molecule has 8 heteroatoms. The molecule has 0 atom stereocenters. The fourth-order valence-electron chi connectivity index (χ4n) is 2.41. The number of nitrogens with one attached hydrogen (secondary N) is 1. The number of carbonyl (C=O) groups is 1. The van der Waals surface area contributed by atoms with Crippen molar-refractivity contribution in [2.75, 3.05) is 18.7 Å². The molecule has 3 aromatic rings. The maximum atomic E-state index is 12.2. The Labute approximate surface area is 161 Å². The molecule has 0 bridgehead atoms. The zero-order valence-corrected chi connectivity index (χ0v) is 16.4. The molecular weight excluding hydrogens is 384 g/mol. The third kappa shape index (κ3) is 4.93. The number of hydrogen-bond acceptors (Lipinski definition) is 6. The maximum Gasteiger partial charge on any atom is 0.230 e. The molecule has 0 radical (unpaired) electrons. The smallest absolute Gasteiger partial charge is 0.230 e. The maximum absolute atomic E-state index is 12.2. The van der Waals surface area contributed by atoms with Crippen molar-refractivity contribution in [2.45, 2.75) is 11.3 Å². The van der Waals surface area contributed by atoms with Crippen LogP contribution in [-0.4, -0.2) is 32.7 Å². The van der Waals surface area contributed by atoms with Crippen molar-refractivity contribution in [2.24, 2.45) is 0 Å². The summed E-state index contributed by atoms with van der Waals surface area (Å²) in [6.45, 7) is 0. The second-order valence-corrected chi connectivity index (χ2v) is 8.77. The molecule has 0 aliphatic rings. The summed E-state index contributed by atoms with van der Waals surface area (Å²) >= 11 is 1.47. The van der Waals surface area contributed by atoms with Gasteiger partial charge in [-0.2, -0.15) is 0 Å². The summed E-state index contributed by atoms with van der Waals surface area (Å²) in [5, 5.41) is 5.43. The van der Waals surface area contributed by atoms with Crippen LogP contribution in [0.3, 0.4) is 0 Å². The second kappa shape index (κ2) is 7.89. The Morgan fingerprint density at radius 1 is 1.11 bits per heavy atom. The average Bonchev–Trinajstić information content (AvgIpc) is 3.09. The van der Waals surface area contributed by atoms with E-state index in [9.17, 15) is 13.2 Å². The van der Waals surface area contributed by atoms with Crippen molar-refractivity contribution in [1.29, 1.82) is 0 Å². The average molecular weight is 402 g/mol. The molecule has 1 heterocycles. The summed E-state index contributed by atoms with van der Waals surface area (Å²) in [5.41, 5.74) is 2.18. The van der Waals surface area contributed by atoms with E-state index in [1.54, 1.807) is 19.2 Å². The van der Waals surface area contributed by atoms with E-state index in [4.69, 9.17) is 4.74 Å². The van der Waals surface area contributed by atoms with E-state index in [1.165, 1.54) is 23.5 Å². The summed E-state index contributed by atoms with van der Waals surface area (Å²) in [5.74, 6) is 0.561. The summed E-state index contributed by atoms with van der Waals surface area (Å²) in [6, 6.07) is 13.6. The molecule has 1 N–H and O–H groups in total. The van der Waals surface area contributed by atoms with Gasteiger partial charge >= 0.3 is 0 Å². The number of carbonyl (C=O) groups excluding carboxylic acids is 1. The summed E-state index contributed by atoms with van der Waals surface area (Å²) in [7, 11) is -1.64. The largest absolute Gasteiger partial charge is 0.497 e. The topological polar surface area (TPSA) is 85.4 Å². The van der Waals surface area contributed by atoms with Crippen LogP contribution in [0.1, 0.15) is 5.69 Å². The monoisotopic (exact) mass is 402 g/mol. The zero-order chi connectivity index (χ0) is 19.4. The first kappa shape index (κ1) is 19.1. The number of benzene rings is 2. The van der Waals surface area contributed by atoms with Crippen LogP contribution in [0, 0.1) is 0 Å². The number of nitrogens with zero attached hydrogens (tertiary/aromatic N) is 1. The Morgan fingerprint density at radius 2 is 1.78 bits per heavy atom. The van der Waals surface area contributed by atoms with Crippen LogP contribution in [0.5, 0.6) is 5.75 Å². The van der Waals surface area contributed by atoms with Gasteiger partial charge in [0.2, 0.25) is 5.91 Å². The van der Waals surface area contributed by atoms with Gasteiger partial charge in [-0.05, 0) is 48.5 Å². The fourth-order valence-corrected chi connectivity index (χ4v) is 3.87. The molecule has 3 rings (SSSR count). The van der Waals surface area contributed by atoms with Crippen LogP contribution in [0.25, 0.3) is 10.6 Å². The Balaban J connectivity index is 1.63. The lowest BCUT2D eigenvalue weighted by Gasteiger charge is -2.05. The molecule has 27 heavy (non-hydrogen) atoms. The molecule has 0 spiro atoms. The summed E-state index contributed by atoms with van der Waals surface area (Å²) < 4.78 is 28.1. The number of ether oxygens (including phenoxy) is 1. The first-order chi connectivity index (χ1) is 12.8. The number of amides is 1. The molecule has 0 aliphatic heterocycles. The van der Waals surface area contributed by atoms with Crippen LogP contribution >= 0.6 is 11.3 Å². The normalized spacial score (nSPS) is 11.2. The molecule has 0 fully saturated rings. The summed E-state index contributed by atoms with van der Waals surface area (Å²) in [4.78, 5) is 16.9. The van der Waals surface area contributed by atoms with Gasteiger partial charge in [-0.25, -0.2) is 13.4 Å². The Hall–Kier alpha value is -2.71. The van der Waals surface area contributed by atoms with Crippen LogP contribution in [0.15, 0.2) is 58.8 Å². The lowest BCUT2D eigenvalue weighted by atomic mass is 10.2. The molecule has 0 saturated carbocycles. The predicted molar refractivity (Wildman–Crippen MR) is 106 cm³/mol. The molecule has 1 amide bonds. The van der Waals surface area contributed by atoms with Crippen LogP contribution < -0.4 is 10.1 Å². The van der Waals surface area contributed by atoms with Gasteiger partial charge in [-0.3, -0.25) is 4.79 Å². The predicted octanol–water partition coefficient (Wildman–Crippen LogP) is 3.40. The van der Waals surface area contributed by atoms with Crippen LogP contribution in [-0.2, 0) is 21.1 Å². The highest BCUT2D eigenvalue weighted by molar-refractivity contribution is 7.90. The molecule has 0 saturated heterocycles. The highest BCUT2D eigenvalue weighted by Crippen LogP contribution is 2.26. The minimum atomic E-state index is -3.25. The molecular formula is C19H18N2O4S2. The number of methoxy groups -OCH3 is 1. The molecule has 0 aliphatic carbocycles. The number of sulfone groups is 1. The number of thiazole rings is 1. The number of aromatic nitrogens is 1. The van der Waals surface area contributed by atoms with Gasteiger partial charge in [-0.15, -0.1) is 11.3 Å². The molecule has 1 aromatic heterocycles. The molecule has 6 nitrogen and oxygen atoms in total. The first-order valence-corrected chi connectivity index (χ1v) is 10.8. The lowest BCUT2D eigenvalue weighted by molar-refractivity contribution is -0.115. The lowest BCUT2D eigenvalue weighted by Crippen LogP contribution is -2.14. The molecule has 0 unspecified atom stereocenters. The van der Waals surface area contributed by atoms with E-state index in [-0.39, 0.29) is 17.2 Å². The Morgan fingerprint density at radius 3 is 2.37 bits per heavy atom. The van der Waals surface area contributed by atoms with Gasteiger partial charge in [-0.1, -0.05) is 0 Å². The van der Waals surface area contributed by atoms with Gasteiger partial charge in [0, 0.05) is 22.9 Å². The standard InChI is InChI=1S/C19H18N2O4S2/c1-25-16-7-3-13(4-8-16)19-21-15(12-26-19)11-18(22)20-14-5-9-17(10-6-14)27(2,23)24/h3-10,12H,11H2,1-2H3,(H,20,22). The van der Waals surface area contributed by atoms with Crippen LogP contribution in [0.2, 0.25) is 0 Å². The third-order valence-electron chi connectivity index (χ3n) is 3.80. The van der Waals surface area contributed by atoms with Crippen molar-refractivity contribution < 1.29 is 17.9 Å². The van der Waals surface area contributed by atoms with Crippen molar-refractivity contribution in [1.82, 2.24) is 4.98 Å². The van der Waals surface area contributed by atoms with E-state index in [0.717, 1.165) is 22.6 Å². The highest BCUT2D eigenvalue weighted by atomic mass is 32.2. The van der Waals surface area contributed by atoms with E-state index in [0.29, 0.717) is 11.4 Å². The van der Waals surface area contributed by atoms with Gasteiger partial charge in [0.15, 0.2) is 9.84 Å². The minimum absolute atomic E-state index is 0.139. The zero-order valence-electron chi connectivity index (χ0n) is 14.8. The van der Waals surface area contributed by atoms with E-state index in [1.807, 2.05) is 29.6 Å². The number of rotatable bonds is 6. The second-order valence-electron chi connectivity index (χ2n) is 5.89. The highest BCUT2D eigenvalue weighted by Gasteiger charge is 2.11. The van der Waals surface area contributed by atoms with Crippen molar-refractivity contribution in [3.05, 3.63) is 59.6 Å². The van der Waals surface area contributed by atoms with Crippen molar-refractivity contribution >= 4 is 32.8 Å². The van der Waals surface area contributed by atoms with Crippen LogP contribution in [0.4, 0.5) is 5.69 Å². The van der Waals surface area contributed by atoms with Crippen molar-refractivity contribution in [3.8, 4) is 16.3 Å². The quantitative estimate of drug-likeness (QED) is 0.683. The van der Waals surface area contributed by atoms with Crippen molar-refractivity contribution in [3.63, 3.8) is 0 Å². The van der Waals surface area contributed by atoms with Gasteiger partial charge in [0.25, 0.3) is 0 Å². The summed E-state index contributed by atoms with van der Waals surface area (Å²) in [6.07, 6.45) is 1.28. The third-order valence-corrected chi connectivity index (χ3v) is 5.87. The van der Waals surface area contributed by atoms with Gasteiger partial charge in [0.1, 0.15) is 10.8 Å². The number of anilines is 1. The molecule has 140 valence electrons. The minimum Gasteiger partial charge on any atom is -0.497 e.